The van der Waals surface area contributed by atoms with Gasteiger partial charge in [-0.25, -0.2) is 13.2 Å². The van der Waals surface area contributed by atoms with Gasteiger partial charge in [0.2, 0.25) is 0 Å². The molecule has 12 heavy (non-hydrogen) atoms. The average Bonchev–Trinajstić information content (AvgIpc) is 2.04. The van der Waals surface area contributed by atoms with Gasteiger partial charge in [0.15, 0.2) is 17.5 Å². The maximum absolute atomic E-state index is 12.0. The Hall–Kier alpha value is 0.256. The van der Waals surface area contributed by atoms with Crippen LogP contribution in [0.1, 0.15) is 0 Å². The first-order valence-electron chi connectivity index (χ1n) is 3.02. The van der Waals surface area contributed by atoms with Gasteiger partial charge < -0.3 is 17.0 Å². The Kier molecular flexibility index (Phi) is 9.70. The average molecular weight is 251 g/mol. The van der Waals surface area contributed by atoms with Crippen LogP contribution in [0.4, 0.5) is 13.2 Å². The van der Waals surface area contributed by atoms with Gasteiger partial charge in [-0.15, -0.1) is 0 Å². The van der Waals surface area contributed by atoms with Gasteiger partial charge in [-0.3, -0.25) is 0 Å². The fourth-order valence-electron chi connectivity index (χ4n) is 0.477. The van der Waals surface area contributed by atoms with Crippen molar-refractivity contribution >= 4 is 21.7 Å². The molecular formula is C7H6BrF3Mg. The summed E-state index contributed by atoms with van der Waals surface area (Å²) in [6.45, 7) is 0. The Bertz CT molecular complexity index is 210. The molecule has 0 bridgehead atoms. The summed E-state index contributed by atoms with van der Waals surface area (Å²) in [6.07, 6.45) is 0. The molecule has 1 rings (SSSR count). The van der Waals surface area contributed by atoms with Crippen LogP contribution in [-0.4, -0.2) is 21.7 Å². The van der Waals surface area contributed by atoms with Crippen molar-refractivity contribution in [3.05, 3.63) is 35.7 Å². The quantitative estimate of drug-likeness (QED) is 0.423. The molecule has 0 heterocycles. The van der Waals surface area contributed by atoms with Crippen molar-refractivity contribution in [1.29, 1.82) is 0 Å². The Morgan fingerprint density at radius 3 is 1.58 bits per heavy atom. The fraction of sp³-hybridized carbons (Fsp3) is 0.143. The molecule has 0 saturated carbocycles. The van der Waals surface area contributed by atoms with Crippen LogP contribution in [0.15, 0.2) is 18.2 Å². The van der Waals surface area contributed by atoms with Crippen molar-refractivity contribution in [3.63, 3.8) is 0 Å². The SMILES string of the molecule is Fc1cccc(F)c1F.[Br-].[CH3][Mg+]. The molecule has 0 aromatic heterocycles. The minimum atomic E-state index is -1.42. The van der Waals surface area contributed by atoms with Gasteiger partial charge in [0.1, 0.15) is 0 Å². The van der Waals surface area contributed by atoms with E-state index in [1.807, 2.05) is 26.8 Å². The third kappa shape index (κ3) is 4.32. The van der Waals surface area contributed by atoms with E-state index in [4.69, 9.17) is 0 Å². The molecule has 0 spiro atoms. The first kappa shape index (κ1) is 14.8. The van der Waals surface area contributed by atoms with Crippen LogP contribution in [0.2, 0.25) is 5.05 Å². The second-order valence-corrected chi connectivity index (χ2v) is 1.54. The summed E-state index contributed by atoms with van der Waals surface area (Å²) in [5, 5.41) is 2.03. The van der Waals surface area contributed by atoms with E-state index >= 15 is 0 Å². The molecular weight excluding hydrogens is 245 g/mol. The van der Waals surface area contributed by atoms with Crippen LogP contribution in [0, 0.1) is 17.5 Å². The minimum absolute atomic E-state index is 0. The van der Waals surface area contributed by atoms with E-state index in [2.05, 4.69) is 0 Å². The van der Waals surface area contributed by atoms with Crippen molar-refractivity contribution in [2.45, 2.75) is 5.05 Å². The predicted molar refractivity (Wildman–Crippen MR) is 37.9 cm³/mol. The van der Waals surface area contributed by atoms with Gasteiger partial charge in [-0.2, -0.15) is 0 Å². The number of hydrogen-bond acceptors (Lipinski definition) is 0. The normalized spacial score (nSPS) is 7.83. The van der Waals surface area contributed by atoms with Crippen molar-refractivity contribution in [2.75, 3.05) is 0 Å². The monoisotopic (exact) mass is 250 g/mol. The second kappa shape index (κ2) is 7.88. The van der Waals surface area contributed by atoms with E-state index in [0.717, 1.165) is 18.2 Å². The standard InChI is InChI=1S/C6H3F3.CH3.BrH.Mg/c7-4-2-1-3-5(8)6(4)9;;;/h1-3H;1H3;1H;/q;;;+1/p-1. The molecule has 1 aromatic rings. The third-order valence-corrected chi connectivity index (χ3v) is 0.904. The summed E-state index contributed by atoms with van der Waals surface area (Å²) in [5.74, 6) is -3.73. The maximum atomic E-state index is 12.0. The van der Waals surface area contributed by atoms with E-state index in [9.17, 15) is 13.2 Å². The molecule has 0 saturated heterocycles. The van der Waals surface area contributed by atoms with E-state index < -0.39 is 17.5 Å². The predicted octanol–water partition coefficient (Wildman–Crippen LogP) is -0.689. The van der Waals surface area contributed by atoms with Crippen molar-refractivity contribution < 1.29 is 30.2 Å². The zero-order valence-electron chi connectivity index (χ0n) is 6.45. The fourth-order valence-corrected chi connectivity index (χ4v) is 0.477. The zero-order chi connectivity index (χ0) is 8.85. The van der Waals surface area contributed by atoms with E-state index in [1.54, 1.807) is 0 Å². The van der Waals surface area contributed by atoms with Gasteiger partial charge in [0.25, 0.3) is 0 Å². The molecule has 0 aliphatic rings. The van der Waals surface area contributed by atoms with Gasteiger partial charge in [0.05, 0.1) is 0 Å². The van der Waals surface area contributed by atoms with Crippen LogP contribution in [-0.2, 0) is 0 Å². The molecule has 0 atom stereocenters. The van der Waals surface area contributed by atoms with Crippen LogP contribution in [0.5, 0.6) is 0 Å². The molecule has 0 amide bonds. The Balaban J connectivity index is 0. The van der Waals surface area contributed by atoms with Crippen molar-refractivity contribution in [3.8, 4) is 0 Å². The summed E-state index contributed by atoms with van der Waals surface area (Å²) in [7, 11) is 0. The summed E-state index contributed by atoms with van der Waals surface area (Å²) >= 11 is 1.86. The topological polar surface area (TPSA) is 0 Å². The molecule has 0 unspecified atom stereocenters. The molecule has 0 aliphatic heterocycles. The molecule has 0 radical (unpaired) electrons. The van der Waals surface area contributed by atoms with Crippen molar-refractivity contribution in [2.24, 2.45) is 0 Å². The summed E-state index contributed by atoms with van der Waals surface area (Å²) in [4.78, 5) is 0. The second-order valence-electron chi connectivity index (χ2n) is 1.54. The van der Waals surface area contributed by atoms with E-state index in [-0.39, 0.29) is 17.0 Å². The van der Waals surface area contributed by atoms with Gasteiger partial charge in [0, 0.05) is 0 Å². The summed E-state index contributed by atoms with van der Waals surface area (Å²) in [5.41, 5.74) is 0. The Morgan fingerprint density at radius 1 is 1.00 bits per heavy atom. The van der Waals surface area contributed by atoms with E-state index in [0.29, 0.717) is 0 Å². The molecule has 0 aliphatic carbocycles. The summed E-state index contributed by atoms with van der Waals surface area (Å²) < 4.78 is 35.9. The molecule has 0 N–H and O–H groups in total. The number of hydrogen-bond donors (Lipinski definition) is 0. The van der Waals surface area contributed by atoms with Gasteiger partial charge in [-0.05, 0) is 12.1 Å². The molecule has 5 heteroatoms. The van der Waals surface area contributed by atoms with Crippen LogP contribution in [0.25, 0.3) is 0 Å². The molecule has 1 aromatic carbocycles. The Morgan fingerprint density at radius 2 is 1.33 bits per heavy atom. The van der Waals surface area contributed by atoms with Gasteiger partial charge in [-0.1, -0.05) is 6.07 Å². The van der Waals surface area contributed by atoms with Crippen LogP contribution in [0.3, 0.4) is 0 Å². The summed E-state index contributed by atoms with van der Waals surface area (Å²) in [6, 6.07) is 2.82. The van der Waals surface area contributed by atoms with Crippen LogP contribution < -0.4 is 17.0 Å². The molecule has 64 valence electrons. The molecule has 0 nitrogen and oxygen atoms in total. The van der Waals surface area contributed by atoms with Crippen molar-refractivity contribution in [1.82, 2.24) is 0 Å². The Labute approximate surface area is 92.4 Å². The number of halogens is 4. The third-order valence-electron chi connectivity index (χ3n) is 0.904. The molecule has 0 fully saturated rings. The van der Waals surface area contributed by atoms with Gasteiger partial charge >= 0.3 is 26.8 Å². The van der Waals surface area contributed by atoms with Crippen LogP contribution >= 0.6 is 0 Å². The van der Waals surface area contributed by atoms with E-state index in [1.165, 1.54) is 0 Å². The first-order valence-corrected chi connectivity index (χ1v) is 4.43. The zero-order valence-corrected chi connectivity index (χ0v) is 9.45. The number of rotatable bonds is 0. The first-order chi connectivity index (χ1) is 5.22. The number of benzene rings is 1.